The zero-order chi connectivity index (χ0) is 16.4. The molecule has 1 unspecified atom stereocenters. The Bertz CT molecular complexity index is 482. The molecule has 1 atom stereocenters. The Hall–Kier alpha value is -1.63. The second-order valence-corrected chi connectivity index (χ2v) is 6.79. The van der Waals surface area contributed by atoms with E-state index in [1.807, 2.05) is 4.90 Å². The average Bonchev–Trinajstić information content (AvgIpc) is 2.97. The fourth-order valence-corrected chi connectivity index (χ4v) is 3.89. The van der Waals surface area contributed by atoms with Gasteiger partial charge in [-0.05, 0) is 25.7 Å². The second kappa shape index (κ2) is 6.86. The van der Waals surface area contributed by atoms with Crippen LogP contribution in [0.2, 0.25) is 0 Å². The number of primary amides is 1. The quantitative estimate of drug-likeness (QED) is 0.774. The lowest BCUT2D eigenvalue weighted by molar-refractivity contribution is -0.138. The third kappa shape index (κ3) is 3.49. The van der Waals surface area contributed by atoms with E-state index in [1.165, 1.54) is 0 Å². The molecule has 0 aromatic heterocycles. The molecule has 0 saturated carbocycles. The molecule has 3 aliphatic rings. The van der Waals surface area contributed by atoms with Gasteiger partial charge in [0.1, 0.15) is 0 Å². The molecule has 0 aromatic rings. The maximum Gasteiger partial charge on any atom is 0.227 e. The smallest absolute Gasteiger partial charge is 0.227 e. The van der Waals surface area contributed by atoms with Gasteiger partial charge in [0.25, 0.3) is 0 Å². The van der Waals surface area contributed by atoms with Crippen molar-refractivity contribution >= 4 is 17.7 Å². The number of likely N-dealkylation sites (tertiary alicyclic amines) is 2. The molecule has 7 heteroatoms. The number of nitrogens with two attached hydrogens (primary N) is 1. The van der Waals surface area contributed by atoms with Gasteiger partial charge in [0.15, 0.2) is 0 Å². The van der Waals surface area contributed by atoms with Crippen LogP contribution in [0, 0.1) is 11.8 Å². The Morgan fingerprint density at radius 3 is 2.30 bits per heavy atom. The molecule has 3 amide bonds. The van der Waals surface area contributed by atoms with Gasteiger partial charge in [-0.2, -0.15) is 0 Å². The molecular formula is C16H25N3O4. The first-order chi connectivity index (χ1) is 11.1. The lowest BCUT2D eigenvalue weighted by atomic mass is 9.95. The summed E-state index contributed by atoms with van der Waals surface area (Å²) in [4.78, 5) is 39.8. The van der Waals surface area contributed by atoms with E-state index in [0.717, 1.165) is 12.8 Å². The molecule has 3 rings (SSSR count). The molecule has 0 spiro atoms. The Morgan fingerprint density at radius 1 is 1.04 bits per heavy atom. The molecule has 0 aliphatic carbocycles. The zero-order valence-corrected chi connectivity index (χ0v) is 13.4. The average molecular weight is 323 g/mol. The molecule has 3 aliphatic heterocycles. The molecule has 3 fully saturated rings. The van der Waals surface area contributed by atoms with Gasteiger partial charge in [0, 0.05) is 51.2 Å². The third-order valence-corrected chi connectivity index (χ3v) is 5.35. The summed E-state index contributed by atoms with van der Waals surface area (Å²) in [6.45, 7) is 3.03. The third-order valence-electron chi connectivity index (χ3n) is 5.35. The van der Waals surface area contributed by atoms with Gasteiger partial charge in [0.05, 0.1) is 5.92 Å². The highest BCUT2D eigenvalue weighted by Crippen LogP contribution is 2.27. The van der Waals surface area contributed by atoms with Crippen LogP contribution < -0.4 is 5.73 Å². The van der Waals surface area contributed by atoms with Crippen molar-refractivity contribution in [2.45, 2.75) is 38.1 Å². The van der Waals surface area contributed by atoms with E-state index in [2.05, 4.69) is 0 Å². The molecule has 7 nitrogen and oxygen atoms in total. The highest BCUT2D eigenvalue weighted by molar-refractivity contribution is 5.89. The first-order valence-electron chi connectivity index (χ1n) is 8.51. The van der Waals surface area contributed by atoms with Crippen LogP contribution in [0.15, 0.2) is 0 Å². The fourth-order valence-electron chi connectivity index (χ4n) is 3.89. The molecule has 23 heavy (non-hydrogen) atoms. The van der Waals surface area contributed by atoms with E-state index in [1.54, 1.807) is 4.90 Å². The van der Waals surface area contributed by atoms with Crippen molar-refractivity contribution in [3.05, 3.63) is 0 Å². The standard InChI is InChI=1S/C16H25N3O4/c17-15(21)11-1-5-18(6-2-11)16(22)12-9-14(20)19(10-12)13-3-7-23-8-4-13/h11-13H,1-10H2,(H2,17,21). The van der Waals surface area contributed by atoms with Crippen molar-refractivity contribution in [2.24, 2.45) is 17.6 Å². The summed E-state index contributed by atoms with van der Waals surface area (Å²) in [5, 5.41) is 0. The van der Waals surface area contributed by atoms with Crippen LogP contribution >= 0.6 is 0 Å². The minimum atomic E-state index is -0.279. The van der Waals surface area contributed by atoms with Crippen LogP contribution in [-0.2, 0) is 19.1 Å². The van der Waals surface area contributed by atoms with Gasteiger partial charge in [-0.3, -0.25) is 14.4 Å². The van der Waals surface area contributed by atoms with E-state index in [-0.39, 0.29) is 35.6 Å². The summed E-state index contributed by atoms with van der Waals surface area (Å²) in [5.74, 6) is -0.504. The van der Waals surface area contributed by atoms with Crippen LogP contribution in [0.1, 0.15) is 32.1 Å². The van der Waals surface area contributed by atoms with Crippen molar-refractivity contribution in [3.63, 3.8) is 0 Å². The van der Waals surface area contributed by atoms with Crippen LogP contribution in [0.3, 0.4) is 0 Å². The zero-order valence-electron chi connectivity index (χ0n) is 13.4. The summed E-state index contributed by atoms with van der Waals surface area (Å²) in [6.07, 6.45) is 3.29. The van der Waals surface area contributed by atoms with Crippen molar-refractivity contribution in [1.29, 1.82) is 0 Å². The minimum absolute atomic E-state index is 0.0517. The molecule has 3 saturated heterocycles. The number of nitrogens with zero attached hydrogens (tertiary/aromatic N) is 2. The maximum atomic E-state index is 12.7. The van der Waals surface area contributed by atoms with E-state index in [4.69, 9.17) is 10.5 Å². The highest BCUT2D eigenvalue weighted by Gasteiger charge is 2.40. The second-order valence-electron chi connectivity index (χ2n) is 6.79. The summed E-state index contributed by atoms with van der Waals surface area (Å²) >= 11 is 0. The lowest BCUT2D eigenvalue weighted by Gasteiger charge is -2.33. The normalized spacial score (nSPS) is 27.5. The predicted molar refractivity (Wildman–Crippen MR) is 82.2 cm³/mol. The minimum Gasteiger partial charge on any atom is -0.381 e. The van der Waals surface area contributed by atoms with Gasteiger partial charge in [-0.1, -0.05) is 0 Å². The number of ether oxygens (including phenoxy) is 1. The summed E-state index contributed by atoms with van der Waals surface area (Å²) in [7, 11) is 0. The van der Waals surface area contributed by atoms with Crippen LogP contribution in [-0.4, -0.2) is 66.4 Å². The van der Waals surface area contributed by atoms with Gasteiger partial charge in [-0.25, -0.2) is 0 Å². The topological polar surface area (TPSA) is 92.9 Å². The molecule has 2 N–H and O–H groups in total. The molecule has 0 radical (unpaired) electrons. The molecule has 3 heterocycles. The van der Waals surface area contributed by atoms with Crippen LogP contribution in [0.4, 0.5) is 0 Å². The van der Waals surface area contributed by atoms with Gasteiger partial charge in [-0.15, -0.1) is 0 Å². The Balaban J connectivity index is 1.54. The molecule has 0 bridgehead atoms. The number of carbonyl (C=O) groups is 3. The number of carbonyl (C=O) groups excluding carboxylic acids is 3. The first kappa shape index (κ1) is 16.2. The summed E-state index contributed by atoms with van der Waals surface area (Å²) in [6, 6.07) is 0.217. The maximum absolute atomic E-state index is 12.7. The van der Waals surface area contributed by atoms with Crippen molar-refractivity contribution in [2.75, 3.05) is 32.8 Å². The largest absolute Gasteiger partial charge is 0.381 e. The van der Waals surface area contributed by atoms with Crippen LogP contribution in [0.25, 0.3) is 0 Å². The first-order valence-corrected chi connectivity index (χ1v) is 8.51. The monoisotopic (exact) mass is 323 g/mol. The van der Waals surface area contributed by atoms with Gasteiger partial charge < -0.3 is 20.3 Å². The number of hydrogen-bond acceptors (Lipinski definition) is 4. The number of rotatable bonds is 3. The van der Waals surface area contributed by atoms with E-state index >= 15 is 0 Å². The molecular weight excluding hydrogens is 298 g/mol. The molecule has 0 aromatic carbocycles. The van der Waals surface area contributed by atoms with E-state index in [0.29, 0.717) is 52.1 Å². The number of amides is 3. The summed E-state index contributed by atoms with van der Waals surface area (Å²) < 4.78 is 5.34. The van der Waals surface area contributed by atoms with E-state index < -0.39 is 0 Å². The number of hydrogen-bond donors (Lipinski definition) is 1. The number of piperidine rings is 1. The summed E-state index contributed by atoms with van der Waals surface area (Å²) in [5.41, 5.74) is 5.33. The molecule has 128 valence electrons. The predicted octanol–water partition coefficient (Wildman–Crippen LogP) is -0.262. The fraction of sp³-hybridized carbons (Fsp3) is 0.812. The van der Waals surface area contributed by atoms with Crippen molar-refractivity contribution in [1.82, 2.24) is 9.80 Å². The Morgan fingerprint density at radius 2 is 1.70 bits per heavy atom. The Kier molecular flexibility index (Phi) is 4.84. The van der Waals surface area contributed by atoms with Crippen LogP contribution in [0.5, 0.6) is 0 Å². The highest BCUT2D eigenvalue weighted by atomic mass is 16.5. The van der Waals surface area contributed by atoms with Crippen molar-refractivity contribution in [3.8, 4) is 0 Å². The van der Waals surface area contributed by atoms with E-state index in [9.17, 15) is 14.4 Å². The Labute approximate surface area is 136 Å². The van der Waals surface area contributed by atoms with Crippen molar-refractivity contribution < 1.29 is 19.1 Å². The lowest BCUT2D eigenvalue weighted by Crippen LogP contribution is -2.45. The van der Waals surface area contributed by atoms with Gasteiger partial charge >= 0.3 is 0 Å². The van der Waals surface area contributed by atoms with Gasteiger partial charge in [0.2, 0.25) is 17.7 Å². The SMILES string of the molecule is NC(=O)C1CCN(C(=O)C2CC(=O)N(C3CCOCC3)C2)CC1.